The SMILES string of the molecule is Cc1ccc(N=C2NC(=O)/C(=C/c3ccc(-c4ccc([N+](=O)[O-])cc4Br)o3)S2)cc1. The van der Waals surface area contributed by atoms with Gasteiger partial charge in [-0.1, -0.05) is 17.7 Å². The number of hydrogen-bond donors (Lipinski definition) is 1. The molecule has 0 bridgehead atoms. The molecule has 9 heteroatoms. The summed E-state index contributed by atoms with van der Waals surface area (Å²) in [5, 5.41) is 14.1. The molecule has 1 saturated heterocycles. The van der Waals surface area contributed by atoms with Gasteiger partial charge in [-0.05, 0) is 64.9 Å². The van der Waals surface area contributed by atoms with E-state index < -0.39 is 4.92 Å². The molecule has 1 aliphatic heterocycles. The molecule has 4 rings (SSSR count). The van der Waals surface area contributed by atoms with E-state index in [4.69, 9.17) is 4.42 Å². The summed E-state index contributed by atoms with van der Waals surface area (Å²) in [6.07, 6.45) is 1.64. The molecule has 1 aliphatic rings. The molecule has 7 nitrogen and oxygen atoms in total. The molecule has 0 radical (unpaired) electrons. The number of nitro groups is 1. The van der Waals surface area contributed by atoms with E-state index in [2.05, 4.69) is 26.2 Å². The molecule has 1 N–H and O–H groups in total. The topological polar surface area (TPSA) is 97.7 Å². The van der Waals surface area contributed by atoms with Crippen LogP contribution in [0.4, 0.5) is 11.4 Å². The summed E-state index contributed by atoms with van der Waals surface area (Å²) in [6, 6.07) is 15.6. The van der Waals surface area contributed by atoms with Gasteiger partial charge in [-0.3, -0.25) is 14.9 Å². The third-order valence-corrected chi connectivity index (χ3v) is 5.81. The number of aliphatic imine (C=N–C) groups is 1. The van der Waals surface area contributed by atoms with Crippen molar-refractivity contribution in [1.29, 1.82) is 0 Å². The Labute approximate surface area is 184 Å². The Morgan fingerprint density at radius 2 is 1.93 bits per heavy atom. The Morgan fingerprint density at radius 1 is 1.17 bits per heavy atom. The van der Waals surface area contributed by atoms with Crippen LogP contribution in [-0.4, -0.2) is 16.0 Å². The van der Waals surface area contributed by atoms with Gasteiger partial charge in [0.15, 0.2) is 5.17 Å². The summed E-state index contributed by atoms with van der Waals surface area (Å²) in [6.45, 7) is 2.00. The maximum absolute atomic E-state index is 12.3. The summed E-state index contributed by atoms with van der Waals surface area (Å²) in [5.74, 6) is 0.769. The fraction of sp³-hybridized carbons (Fsp3) is 0.0476. The highest BCUT2D eigenvalue weighted by Gasteiger charge is 2.24. The lowest BCUT2D eigenvalue weighted by Crippen LogP contribution is -2.19. The normalized spacial score (nSPS) is 16.3. The molecule has 0 aliphatic carbocycles. The molecular formula is C21H14BrN3O4S. The molecule has 150 valence electrons. The Balaban J connectivity index is 1.55. The predicted molar refractivity (Wildman–Crippen MR) is 120 cm³/mol. The Kier molecular flexibility index (Phi) is 5.56. The number of nitrogens with zero attached hydrogens (tertiary/aromatic N) is 2. The molecule has 1 amide bonds. The van der Waals surface area contributed by atoms with Gasteiger partial charge < -0.3 is 9.73 Å². The van der Waals surface area contributed by atoms with Crippen molar-refractivity contribution in [3.63, 3.8) is 0 Å². The van der Waals surface area contributed by atoms with Gasteiger partial charge in [0, 0.05) is 28.2 Å². The van der Waals surface area contributed by atoms with E-state index >= 15 is 0 Å². The average Bonchev–Trinajstić information content (AvgIpc) is 3.30. The van der Waals surface area contributed by atoms with Gasteiger partial charge in [-0.2, -0.15) is 0 Å². The first kappa shape index (κ1) is 20.1. The number of nitrogens with one attached hydrogen (secondary N) is 1. The summed E-state index contributed by atoms with van der Waals surface area (Å²) in [5.41, 5.74) is 2.55. The number of carbonyl (C=O) groups is 1. The number of halogens is 1. The van der Waals surface area contributed by atoms with E-state index in [-0.39, 0.29) is 11.6 Å². The van der Waals surface area contributed by atoms with Crippen molar-refractivity contribution in [1.82, 2.24) is 5.32 Å². The minimum absolute atomic E-state index is 0.0149. The van der Waals surface area contributed by atoms with Crippen LogP contribution in [0, 0.1) is 17.0 Å². The second-order valence-corrected chi connectivity index (χ2v) is 8.33. The second kappa shape index (κ2) is 8.29. The fourth-order valence-electron chi connectivity index (χ4n) is 2.74. The van der Waals surface area contributed by atoms with Crippen LogP contribution in [0.25, 0.3) is 17.4 Å². The number of amidine groups is 1. The smallest absolute Gasteiger partial charge is 0.270 e. The van der Waals surface area contributed by atoms with Crippen molar-refractivity contribution in [3.05, 3.63) is 85.4 Å². The average molecular weight is 484 g/mol. The first-order valence-electron chi connectivity index (χ1n) is 8.79. The Hall–Kier alpha value is -3.17. The predicted octanol–water partition coefficient (Wildman–Crippen LogP) is 5.82. The highest BCUT2D eigenvalue weighted by Crippen LogP contribution is 2.34. The van der Waals surface area contributed by atoms with Crippen molar-refractivity contribution in [2.24, 2.45) is 4.99 Å². The van der Waals surface area contributed by atoms with Gasteiger partial charge in [-0.15, -0.1) is 0 Å². The van der Waals surface area contributed by atoms with Crippen molar-refractivity contribution in [2.45, 2.75) is 6.92 Å². The van der Waals surface area contributed by atoms with Crippen molar-refractivity contribution in [3.8, 4) is 11.3 Å². The first-order chi connectivity index (χ1) is 14.4. The van der Waals surface area contributed by atoms with Crippen LogP contribution in [-0.2, 0) is 4.79 Å². The molecule has 1 aromatic heterocycles. The van der Waals surface area contributed by atoms with Gasteiger partial charge in [-0.25, -0.2) is 4.99 Å². The first-order valence-corrected chi connectivity index (χ1v) is 10.4. The Bertz CT molecular complexity index is 1220. The largest absolute Gasteiger partial charge is 0.457 e. The number of carbonyl (C=O) groups excluding carboxylic acids is 1. The maximum Gasteiger partial charge on any atom is 0.270 e. The van der Waals surface area contributed by atoms with Crippen LogP contribution in [0.1, 0.15) is 11.3 Å². The number of benzene rings is 2. The lowest BCUT2D eigenvalue weighted by Gasteiger charge is -2.00. The molecular weight excluding hydrogens is 470 g/mol. The highest BCUT2D eigenvalue weighted by atomic mass is 79.9. The lowest BCUT2D eigenvalue weighted by molar-refractivity contribution is -0.384. The van der Waals surface area contributed by atoms with Crippen LogP contribution in [0.15, 0.2) is 73.4 Å². The third kappa shape index (κ3) is 4.37. The van der Waals surface area contributed by atoms with Gasteiger partial charge in [0.25, 0.3) is 11.6 Å². The zero-order chi connectivity index (χ0) is 21.3. The van der Waals surface area contributed by atoms with E-state index in [1.54, 1.807) is 24.3 Å². The van der Waals surface area contributed by atoms with Crippen LogP contribution < -0.4 is 5.32 Å². The quantitative estimate of drug-likeness (QED) is 0.286. The standard InChI is InChI=1S/C21H14BrN3O4S/c1-12-2-4-13(5-3-12)23-21-24-20(26)19(30-21)11-15-7-9-18(29-15)16-8-6-14(25(27)28)10-17(16)22/h2-11H,1H3,(H,23,24,26)/b19-11-. The van der Waals surface area contributed by atoms with Gasteiger partial charge in [0.2, 0.25) is 0 Å². The maximum atomic E-state index is 12.3. The molecule has 0 spiro atoms. The Morgan fingerprint density at radius 3 is 2.63 bits per heavy atom. The van der Waals surface area contributed by atoms with Crippen LogP contribution in [0.5, 0.6) is 0 Å². The van der Waals surface area contributed by atoms with Crippen molar-refractivity contribution in [2.75, 3.05) is 0 Å². The molecule has 0 atom stereocenters. The van der Waals surface area contributed by atoms with Gasteiger partial charge in [0.1, 0.15) is 11.5 Å². The molecule has 3 aromatic rings. The monoisotopic (exact) mass is 483 g/mol. The fourth-order valence-corrected chi connectivity index (χ4v) is 4.12. The number of hydrogen-bond acceptors (Lipinski definition) is 6. The second-order valence-electron chi connectivity index (χ2n) is 6.44. The van der Waals surface area contributed by atoms with E-state index in [9.17, 15) is 14.9 Å². The molecule has 1 fully saturated rings. The van der Waals surface area contributed by atoms with Gasteiger partial charge >= 0.3 is 0 Å². The molecule has 2 aromatic carbocycles. The number of nitro benzene ring substituents is 1. The zero-order valence-electron chi connectivity index (χ0n) is 15.6. The van der Waals surface area contributed by atoms with E-state index in [1.165, 1.54) is 23.9 Å². The van der Waals surface area contributed by atoms with E-state index in [0.29, 0.717) is 31.6 Å². The van der Waals surface area contributed by atoms with Crippen LogP contribution in [0.3, 0.4) is 0 Å². The number of furan rings is 1. The van der Waals surface area contributed by atoms with Crippen molar-refractivity contribution < 1.29 is 14.1 Å². The van der Waals surface area contributed by atoms with Gasteiger partial charge in [0.05, 0.1) is 15.5 Å². The minimum Gasteiger partial charge on any atom is -0.457 e. The summed E-state index contributed by atoms with van der Waals surface area (Å²) >= 11 is 4.57. The molecule has 0 saturated carbocycles. The minimum atomic E-state index is -0.460. The van der Waals surface area contributed by atoms with Crippen LogP contribution in [0.2, 0.25) is 0 Å². The summed E-state index contributed by atoms with van der Waals surface area (Å²) in [4.78, 5) is 27.6. The molecule has 2 heterocycles. The number of thioether (sulfide) groups is 1. The number of non-ortho nitro benzene ring substituents is 1. The number of rotatable bonds is 4. The lowest BCUT2D eigenvalue weighted by atomic mass is 10.1. The highest BCUT2D eigenvalue weighted by molar-refractivity contribution is 9.10. The third-order valence-electron chi connectivity index (χ3n) is 4.24. The number of amides is 1. The molecule has 30 heavy (non-hydrogen) atoms. The van der Waals surface area contributed by atoms with Crippen molar-refractivity contribution >= 4 is 56.2 Å². The number of aryl methyl sites for hydroxylation is 1. The van der Waals surface area contributed by atoms with E-state index in [1.807, 2.05) is 31.2 Å². The molecule has 0 unspecified atom stereocenters. The summed E-state index contributed by atoms with van der Waals surface area (Å²) in [7, 11) is 0. The van der Waals surface area contributed by atoms with E-state index in [0.717, 1.165) is 11.3 Å². The summed E-state index contributed by atoms with van der Waals surface area (Å²) < 4.78 is 6.37. The van der Waals surface area contributed by atoms with Crippen LogP contribution >= 0.6 is 27.7 Å². The zero-order valence-corrected chi connectivity index (χ0v) is 18.0.